The van der Waals surface area contributed by atoms with Crippen molar-refractivity contribution in [1.82, 2.24) is 0 Å². The molecule has 0 N–H and O–H groups in total. The summed E-state index contributed by atoms with van der Waals surface area (Å²) in [5, 5.41) is -0.284. The van der Waals surface area contributed by atoms with Gasteiger partial charge in [0.15, 0.2) is 0 Å². The maximum absolute atomic E-state index is 10.9. The van der Waals surface area contributed by atoms with Crippen molar-refractivity contribution >= 4 is 16.8 Å². The van der Waals surface area contributed by atoms with E-state index in [-0.39, 0.29) is 5.24 Å². The van der Waals surface area contributed by atoms with Crippen LogP contribution in [0.15, 0.2) is 24.3 Å². The molecule has 1 aromatic rings. The quantitative estimate of drug-likeness (QED) is 0.687. The number of hydrogen-bond donors (Lipinski definition) is 0. The van der Waals surface area contributed by atoms with Gasteiger partial charge in [-0.2, -0.15) is 0 Å². The van der Waals surface area contributed by atoms with Crippen LogP contribution in [0, 0.1) is 5.92 Å². The molecule has 1 nitrogen and oxygen atoms in total. The van der Waals surface area contributed by atoms with Crippen LogP contribution in [0.1, 0.15) is 62.5 Å². The normalized spacial score (nSPS) is 23.3. The van der Waals surface area contributed by atoms with E-state index in [1.807, 2.05) is 12.1 Å². The molecule has 1 aromatic carbocycles. The first kappa shape index (κ1) is 14.6. The van der Waals surface area contributed by atoms with Crippen LogP contribution in [0.5, 0.6) is 0 Å². The summed E-state index contributed by atoms with van der Waals surface area (Å²) in [4.78, 5) is 10.9. The van der Waals surface area contributed by atoms with Crippen LogP contribution in [0.2, 0.25) is 0 Å². The van der Waals surface area contributed by atoms with Gasteiger partial charge in [0.05, 0.1) is 0 Å². The van der Waals surface area contributed by atoms with Crippen LogP contribution in [-0.4, -0.2) is 5.24 Å². The van der Waals surface area contributed by atoms with E-state index in [1.165, 1.54) is 44.1 Å². The second-order valence-electron chi connectivity index (χ2n) is 5.78. The summed E-state index contributed by atoms with van der Waals surface area (Å²) < 4.78 is 0. The van der Waals surface area contributed by atoms with E-state index in [4.69, 9.17) is 11.6 Å². The Kier molecular flexibility index (Phi) is 5.45. The molecule has 1 saturated carbocycles. The molecule has 2 rings (SSSR count). The molecule has 0 aromatic heterocycles. The summed E-state index contributed by atoms with van der Waals surface area (Å²) in [5.74, 6) is 1.67. The third-order valence-corrected chi connectivity index (χ3v) is 4.47. The highest BCUT2D eigenvalue weighted by Gasteiger charge is 2.21. The highest BCUT2D eigenvalue weighted by molar-refractivity contribution is 6.63. The van der Waals surface area contributed by atoms with Crippen LogP contribution in [0.4, 0.5) is 0 Å². The van der Waals surface area contributed by atoms with Crippen LogP contribution in [0.3, 0.4) is 0 Å². The smallest absolute Gasteiger partial charge is 0.226 e. The fraction of sp³-hybridized carbons (Fsp3) is 0.588. The van der Waals surface area contributed by atoms with Crippen LogP contribution in [0.25, 0.3) is 0 Å². The van der Waals surface area contributed by atoms with Gasteiger partial charge < -0.3 is 0 Å². The van der Waals surface area contributed by atoms with Gasteiger partial charge in [0.25, 0.3) is 0 Å². The Balaban J connectivity index is 1.90. The average molecular weight is 279 g/mol. The fourth-order valence-electron chi connectivity index (χ4n) is 3.26. The van der Waals surface area contributed by atoms with E-state index in [2.05, 4.69) is 19.1 Å². The van der Waals surface area contributed by atoms with Crippen molar-refractivity contribution in [2.75, 3.05) is 0 Å². The van der Waals surface area contributed by atoms with Crippen molar-refractivity contribution in [1.29, 1.82) is 0 Å². The van der Waals surface area contributed by atoms with Gasteiger partial charge >= 0.3 is 0 Å². The number of halogens is 1. The van der Waals surface area contributed by atoms with Crippen molar-refractivity contribution in [3.05, 3.63) is 35.4 Å². The largest absolute Gasteiger partial charge is 0.281 e. The molecule has 2 heteroatoms. The Morgan fingerprint density at radius 3 is 2.32 bits per heavy atom. The van der Waals surface area contributed by atoms with E-state index in [1.54, 1.807) is 0 Å². The molecule has 0 bridgehead atoms. The predicted molar refractivity (Wildman–Crippen MR) is 80.6 cm³/mol. The standard InChI is InChI=1S/C17H23ClO/c1-2-3-13-4-8-15(9-5-13)16-10-6-14(7-11-16)12-17(18)19/h6-7,10-11,13,15H,2-5,8-9,12H2,1H3. The molecule has 0 saturated heterocycles. The zero-order valence-corrected chi connectivity index (χ0v) is 12.5. The Morgan fingerprint density at radius 1 is 1.16 bits per heavy atom. The van der Waals surface area contributed by atoms with E-state index in [0.717, 1.165) is 11.5 Å². The van der Waals surface area contributed by atoms with E-state index in [0.29, 0.717) is 12.3 Å². The molecule has 1 aliphatic carbocycles. The first-order valence-corrected chi connectivity index (χ1v) is 7.84. The summed E-state index contributed by atoms with van der Waals surface area (Å²) in [6, 6.07) is 8.46. The lowest BCUT2D eigenvalue weighted by Gasteiger charge is -2.28. The molecule has 0 amide bonds. The Morgan fingerprint density at radius 2 is 1.79 bits per heavy atom. The third kappa shape index (κ3) is 4.35. The van der Waals surface area contributed by atoms with Gasteiger partial charge in [-0.3, -0.25) is 4.79 Å². The van der Waals surface area contributed by atoms with Crippen molar-refractivity contribution in [2.45, 2.75) is 57.8 Å². The van der Waals surface area contributed by atoms with Crippen LogP contribution in [-0.2, 0) is 11.2 Å². The molecule has 0 atom stereocenters. The van der Waals surface area contributed by atoms with Gasteiger partial charge in [0, 0.05) is 6.42 Å². The summed E-state index contributed by atoms with van der Waals surface area (Å²) in [7, 11) is 0. The Labute approximate surface area is 121 Å². The van der Waals surface area contributed by atoms with E-state index < -0.39 is 0 Å². The summed E-state index contributed by atoms with van der Waals surface area (Å²) in [6.07, 6.45) is 8.43. The van der Waals surface area contributed by atoms with Gasteiger partial charge in [0.2, 0.25) is 5.24 Å². The maximum Gasteiger partial charge on any atom is 0.226 e. The highest BCUT2D eigenvalue weighted by Crippen LogP contribution is 2.37. The lowest BCUT2D eigenvalue weighted by Crippen LogP contribution is -2.13. The van der Waals surface area contributed by atoms with Gasteiger partial charge in [0.1, 0.15) is 0 Å². The first-order chi connectivity index (χ1) is 9.19. The predicted octanol–water partition coefficient (Wildman–Crippen LogP) is 5.07. The second-order valence-corrected chi connectivity index (χ2v) is 6.20. The maximum atomic E-state index is 10.9. The van der Waals surface area contributed by atoms with Gasteiger partial charge in [-0.05, 0) is 60.2 Å². The van der Waals surface area contributed by atoms with Crippen molar-refractivity contribution < 1.29 is 4.79 Å². The number of carbonyl (C=O) groups is 1. The topological polar surface area (TPSA) is 17.1 Å². The van der Waals surface area contributed by atoms with Crippen molar-refractivity contribution in [3.8, 4) is 0 Å². The number of carbonyl (C=O) groups excluding carboxylic acids is 1. The first-order valence-electron chi connectivity index (χ1n) is 7.46. The SMILES string of the molecule is CCCC1CCC(c2ccc(CC(=O)Cl)cc2)CC1. The molecule has 104 valence electrons. The number of benzene rings is 1. The third-order valence-electron chi connectivity index (χ3n) is 4.34. The molecule has 0 spiro atoms. The van der Waals surface area contributed by atoms with Crippen molar-refractivity contribution in [3.63, 3.8) is 0 Å². The number of rotatable bonds is 5. The van der Waals surface area contributed by atoms with E-state index in [9.17, 15) is 4.79 Å². The zero-order chi connectivity index (χ0) is 13.7. The van der Waals surface area contributed by atoms with Gasteiger partial charge in [-0.15, -0.1) is 0 Å². The molecular formula is C17H23ClO. The Hall–Kier alpha value is -0.820. The van der Waals surface area contributed by atoms with Crippen LogP contribution < -0.4 is 0 Å². The number of hydrogen-bond acceptors (Lipinski definition) is 1. The summed E-state index contributed by atoms with van der Waals surface area (Å²) >= 11 is 5.41. The van der Waals surface area contributed by atoms with Gasteiger partial charge in [-0.1, -0.05) is 44.0 Å². The van der Waals surface area contributed by atoms with Crippen LogP contribution >= 0.6 is 11.6 Å². The molecule has 0 aliphatic heterocycles. The minimum Gasteiger partial charge on any atom is -0.281 e. The van der Waals surface area contributed by atoms with E-state index >= 15 is 0 Å². The Bertz CT molecular complexity index is 402. The molecule has 0 unspecified atom stereocenters. The second kappa shape index (κ2) is 7.09. The zero-order valence-electron chi connectivity index (χ0n) is 11.7. The summed E-state index contributed by atoms with van der Waals surface area (Å²) in [6.45, 7) is 2.28. The molecule has 0 radical (unpaired) electrons. The minimum absolute atomic E-state index is 0.284. The minimum atomic E-state index is -0.284. The van der Waals surface area contributed by atoms with Crippen molar-refractivity contribution in [2.24, 2.45) is 5.92 Å². The molecule has 19 heavy (non-hydrogen) atoms. The average Bonchev–Trinajstić information content (AvgIpc) is 2.40. The fourth-order valence-corrected chi connectivity index (χ4v) is 3.42. The molecule has 0 heterocycles. The molecule has 1 fully saturated rings. The summed E-state index contributed by atoms with van der Waals surface area (Å²) in [5.41, 5.74) is 2.45. The molecule has 1 aliphatic rings. The lowest BCUT2D eigenvalue weighted by atomic mass is 9.77. The monoisotopic (exact) mass is 278 g/mol. The van der Waals surface area contributed by atoms with Gasteiger partial charge in [-0.25, -0.2) is 0 Å². The highest BCUT2D eigenvalue weighted by atomic mass is 35.5. The molecular weight excluding hydrogens is 256 g/mol. The lowest BCUT2D eigenvalue weighted by molar-refractivity contribution is -0.111.